The first kappa shape index (κ1) is 36.3. The smallest absolute Gasteiger partial charge is 0.308 e. The van der Waals surface area contributed by atoms with Gasteiger partial charge >= 0.3 is 5.97 Å². The fourth-order valence-electron chi connectivity index (χ4n) is 3.26. The maximum atomic E-state index is 13.2. The van der Waals surface area contributed by atoms with Crippen molar-refractivity contribution in [2.75, 3.05) is 13.7 Å². The topological polar surface area (TPSA) is 63.2 Å². The first-order valence-electron chi connectivity index (χ1n) is 13.9. The van der Waals surface area contributed by atoms with Crippen LogP contribution in [0.25, 0.3) is 0 Å². The SMILES string of the molecule is COc1ccc(COCC[C@@H](C)OC(=O)C[C@H](O[Si](C)(C)C(C)(C)C)[C@H](/C=C/I)O[Si](C)(C)C(C)(C)C)cc1. The average Bonchev–Trinajstić information content (AvgIpc) is 2.79. The van der Waals surface area contributed by atoms with Crippen molar-refractivity contribution < 1.29 is 27.9 Å². The Morgan fingerprint density at radius 1 is 0.949 bits per heavy atom. The molecule has 9 heteroatoms. The highest BCUT2D eigenvalue weighted by Crippen LogP contribution is 2.41. The van der Waals surface area contributed by atoms with E-state index in [4.69, 9.17) is 23.1 Å². The number of benzene rings is 1. The van der Waals surface area contributed by atoms with Crippen molar-refractivity contribution in [2.45, 2.75) is 122 Å². The molecule has 1 aromatic carbocycles. The summed E-state index contributed by atoms with van der Waals surface area (Å²) in [6.45, 7) is 25.1. The van der Waals surface area contributed by atoms with E-state index in [0.29, 0.717) is 19.6 Å². The molecule has 0 radical (unpaired) electrons. The zero-order valence-electron chi connectivity index (χ0n) is 26.4. The number of hydrogen-bond donors (Lipinski definition) is 0. The maximum Gasteiger partial charge on any atom is 0.308 e. The minimum absolute atomic E-state index is 0.000761. The number of hydrogen-bond acceptors (Lipinski definition) is 6. The minimum atomic E-state index is -2.19. The van der Waals surface area contributed by atoms with Crippen LogP contribution in [0.5, 0.6) is 5.75 Å². The standard InChI is InChI=1S/C30H53IO6Si2/c1-23(18-20-34-22-24-13-15-25(33-8)16-14-24)35-28(32)21-27(37-39(11,12)30(5,6)7)26(17-19-31)36-38(9,10)29(2,3)4/h13-17,19,23,26-27H,18,20-22H2,1-12H3/b19-17+/t23-,26+,27+/m1/s1. The Balaban J connectivity index is 2.88. The fraction of sp³-hybridized carbons (Fsp3) is 0.700. The zero-order chi connectivity index (χ0) is 30.1. The molecule has 0 spiro atoms. The summed E-state index contributed by atoms with van der Waals surface area (Å²) in [6, 6.07) is 7.80. The van der Waals surface area contributed by atoms with E-state index in [9.17, 15) is 4.79 Å². The minimum Gasteiger partial charge on any atom is -0.497 e. The second-order valence-corrected chi connectivity index (χ2v) is 23.5. The third-order valence-corrected chi connectivity index (χ3v) is 17.3. The molecule has 3 atom stereocenters. The third-order valence-electron chi connectivity index (χ3n) is 7.91. The van der Waals surface area contributed by atoms with Gasteiger partial charge in [-0.25, -0.2) is 0 Å². The lowest BCUT2D eigenvalue weighted by molar-refractivity contribution is -0.152. The number of carbonyl (C=O) groups excluding carboxylic acids is 1. The molecule has 0 N–H and O–H groups in total. The lowest BCUT2D eigenvalue weighted by atomic mass is 10.1. The number of esters is 1. The zero-order valence-corrected chi connectivity index (χ0v) is 30.5. The van der Waals surface area contributed by atoms with Gasteiger partial charge in [-0.1, -0.05) is 76.3 Å². The number of halogens is 1. The molecule has 0 amide bonds. The van der Waals surface area contributed by atoms with Crippen LogP contribution in [0.15, 0.2) is 34.4 Å². The Bertz CT molecular complexity index is 904. The van der Waals surface area contributed by atoms with Crippen molar-refractivity contribution in [1.82, 2.24) is 0 Å². The lowest BCUT2D eigenvalue weighted by Gasteiger charge is -2.44. The van der Waals surface area contributed by atoms with Crippen molar-refractivity contribution in [2.24, 2.45) is 0 Å². The van der Waals surface area contributed by atoms with Crippen molar-refractivity contribution in [3.63, 3.8) is 0 Å². The van der Waals surface area contributed by atoms with Gasteiger partial charge in [0, 0.05) is 6.42 Å². The summed E-state index contributed by atoms with van der Waals surface area (Å²) in [5.74, 6) is 0.549. The molecule has 0 saturated carbocycles. The van der Waals surface area contributed by atoms with E-state index in [-0.39, 0.29) is 34.7 Å². The molecule has 0 aromatic heterocycles. The highest BCUT2D eigenvalue weighted by atomic mass is 127. The third kappa shape index (κ3) is 12.4. The van der Waals surface area contributed by atoms with Gasteiger partial charge in [-0.05, 0) is 71.0 Å². The number of carbonyl (C=O) groups is 1. The van der Waals surface area contributed by atoms with E-state index in [2.05, 4.69) is 90.3 Å². The van der Waals surface area contributed by atoms with Gasteiger partial charge in [0.15, 0.2) is 16.6 Å². The molecule has 39 heavy (non-hydrogen) atoms. The van der Waals surface area contributed by atoms with E-state index in [1.54, 1.807) is 7.11 Å². The Kier molecular flexibility index (Phi) is 14.4. The van der Waals surface area contributed by atoms with Crippen LogP contribution >= 0.6 is 22.6 Å². The highest BCUT2D eigenvalue weighted by Gasteiger charge is 2.44. The first-order chi connectivity index (χ1) is 17.8. The average molecular weight is 693 g/mol. The Labute approximate surface area is 254 Å². The van der Waals surface area contributed by atoms with Crippen LogP contribution in [-0.2, 0) is 29.7 Å². The van der Waals surface area contributed by atoms with E-state index in [1.165, 1.54) is 0 Å². The molecule has 0 aliphatic heterocycles. The summed E-state index contributed by atoms with van der Waals surface area (Å²) in [4.78, 5) is 13.2. The van der Waals surface area contributed by atoms with Crippen molar-refractivity contribution in [3.8, 4) is 5.75 Å². The van der Waals surface area contributed by atoms with Gasteiger partial charge in [0.05, 0.1) is 39.0 Å². The van der Waals surface area contributed by atoms with E-state index in [0.717, 1.165) is 11.3 Å². The monoisotopic (exact) mass is 692 g/mol. The fourth-order valence-corrected chi connectivity index (χ4v) is 6.27. The van der Waals surface area contributed by atoms with Gasteiger partial charge in [-0.2, -0.15) is 0 Å². The molecular weight excluding hydrogens is 639 g/mol. The molecule has 0 bridgehead atoms. The van der Waals surface area contributed by atoms with Gasteiger partial charge in [-0.15, -0.1) is 0 Å². The molecule has 224 valence electrons. The molecule has 0 aliphatic rings. The summed E-state index contributed by atoms with van der Waals surface area (Å²) < 4.78 is 32.4. The van der Waals surface area contributed by atoms with Crippen LogP contribution < -0.4 is 4.74 Å². The Morgan fingerprint density at radius 2 is 1.49 bits per heavy atom. The predicted octanol–water partition coefficient (Wildman–Crippen LogP) is 8.65. The molecule has 1 rings (SSSR count). The van der Waals surface area contributed by atoms with Gasteiger partial charge in [0.2, 0.25) is 0 Å². The second-order valence-electron chi connectivity index (χ2n) is 13.3. The van der Waals surface area contributed by atoms with Gasteiger partial charge in [0.25, 0.3) is 0 Å². The summed E-state index contributed by atoms with van der Waals surface area (Å²) in [5, 5.41) is 0.0337. The van der Waals surface area contributed by atoms with E-state index >= 15 is 0 Å². The molecule has 0 fully saturated rings. The molecule has 0 unspecified atom stereocenters. The molecule has 0 heterocycles. The molecule has 1 aromatic rings. The summed E-state index contributed by atoms with van der Waals surface area (Å²) in [6.07, 6.45) is 1.78. The largest absolute Gasteiger partial charge is 0.497 e. The lowest BCUT2D eigenvalue weighted by Crippen LogP contribution is -2.52. The van der Waals surface area contributed by atoms with Crippen LogP contribution in [0, 0.1) is 0 Å². The van der Waals surface area contributed by atoms with Crippen LogP contribution in [0.4, 0.5) is 0 Å². The van der Waals surface area contributed by atoms with Crippen LogP contribution in [0.1, 0.15) is 66.9 Å². The van der Waals surface area contributed by atoms with Gasteiger partial charge in [-0.3, -0.25) is 4.79 Å². The normalized spacial score (nSPS) is 15.7. The maximum absolute atomic E-state index is 13.2. The summed E-state index contributed by atoms with van der Waals surface area (Å²) in [7, 11) is -2.66. The summed E-state index contributed by atoms with van der Waals surface area (Å²) in [5.41, 5.74) is 1.07. The van der Waals surface area contributed by atoms with Gasteiger partial charge in [0.1, 0.15) is 11.9 Å². The molecular formula is C30H53IO6Si2. The van der Waals surface area contributed by atoms with E-state index < -0.39 is 22.7 Å². The quantitative estimate of drug-likeness (QED) is 0.0794. The van der Waals surface area contributed by atoms with Crippen LogP contribution in [0.3, 0.4) is 0 Å². The predicted molar refractivity (Wildman–Crippen MR) is 175 cm³/mol. The number of rotatable bonds is 15. The highest BCUT2D eigenvalue weighted by molar-refractivity contribution is 14.1. The molecule has 0 saturated heterocycles. The Morgan fingerprint density at radius 3 is 1.97 bits per heavy atom. The molecule has 0 aliphatic carbocycles. The van der Waals surface area contributed by atoms with Crippen molar-refractivity contribution >= 4 is 45.2 Å². The van der Waals surface area contributed by atoms with Crippen LogP contribution in [-0.4, -0.2) is 54.6 Å². The van der Waals surface area contributed by atoms with Crippen LogP contribution in [0.2, 0.25) is 36.3 Å². The van der Waals surface area contributed by atoms with Crippen molar-refractivity contribution in [3.05, 3.63) is 40.0 Å². The van der Waals surface area contributed by atoms with Crippen molar-refractivity contribution in [1.29, 1.82) is 0 Å². The second kappa shape index (κ2) is 15.5. The van der Waals surface area contributed by atoms with Gasteiger partial charge < -0.3 is 23.1 Å². The number of ether oxygens (including phenoxy) is 3. The first-order valence-corrected chi connectivity index (χ1v) is 20.9. The van der Waals surface area contributed by atoms with E-state index in [1.807, 2.05) is 41.3 Å². The Hall–Kier alpha value is -0.726. The molecule has 6 nitrogen and oxygen atoms in total. The number of methoxy groups -OCH3 is 1. The summed E-state index contributed by atoms with van der Waals surface area (Å²) >= 11 is 2.22.